The molecule has 13 heavy (non-hydrogen) atoms. The molecule has 0 fully saturated rings. The molecule has 74 valence electrons. The molecule has 0 radical (unpaired) electrons. The van der Waals surface area contributed by atoms with Gasteiger partial charge in [0.1, 0.15) is 0 Å². The molecule has 0 aromatic rings. The van der Waals surface area contributed by atoms with Gasteiger partial charge in [0.15, 0.2) is 5.78 Å². The van der Waals surface area contributed by atoms with Crippen LogP contribution in [-0.4, -0.2) is 16.5 Å². The molecule has 2 heteroatoms. The molecule has 1 N–H and O–H groups in total. The molecule has 2 atom stereocenters. The normalized spacial score (nSPS) is 17.2. The second kappa shape index (κ2) is 4.97. The summed E-state index contributed by atoms with van der Waals surface area (Å²) < 4.78 is 0. The van der Waals surface area contributed by atoms with E-state index in [1.165, 1.54) is 6.08 Å². The van der Waals surface area contributed by atoms with Gasteiger partial charge in [-0.2, -0.15) is 0 Å². The van der Waals surface area contributed by atoms with Gasteiger partial charge in [-0.3, -0.25) is 4.79 Å². The van der Waals surface area contributed by atoms with Gasteiger partial charge in [-0.25, -0.2) is 0 Å². The summed E-state index contributed by atoms with van der Waals surface area (Å²) in [5.41, 5.74) is -0.965. The molecular formula is C11H18O2. The lowest BCUT2D eigenvalue weighted by molar-refractivity contribution is -0.126. The van der Waals surface area contributed by atoms with Gasteiger partial charge in [-0.05, 0) is 18.9 Å². The fourth-order valence-electron chi connectivity index (χ4n) is 1.32. The second-order valence-electron chi connectivity index (χ2n) is 3.28. The van der Waals surface area contributed by atoms with Crippen molar-refractivity contribution >= 4 is 5.78 Å². The van der Waals surface area contributed by atoms with Crippen LogP contribution >= 0.6 is 0 Å². The third-order valence-electron chi connectivity index (χ3n) is 2.54. The maximum absolute atomic E-state index is 11.3. The Hall–Kier alpha value is -0.890. The quantitative estimate of drug-likeness (QED) is 0.504. The molecule has 0 rings (SSSR count). The second-order valence-corrected chi connectivity index (χ2v) is 3.28. The van der Waals surface area contributed by atoms with Crippen LogP contribution in [0.4, 0.5) is 0 Å². The van der Waals surface area contributed by atoms with Crippen molar-refractivity contribution < 1.29 is 9.90 Å². The molecule has 0 saturated heterocycles. The zero-order valence-corrected chi connectivity index (χ0v) is 8.42. The van der Waals surface area contributed by atoms with E-state index in [-0.39, 0.29) is 5.78 Å². The molecule has 0 bridgehead atoms. The fraction of sp³-hybridized carbons (Fsp3) is 0.545. The van der Waals surface area contributed by atoms with E-state index in [0.717, 1.165) is 0 Å². The van der Waals surface area contributed by atoms with E-state index in [1.54, 1.807) is 13.0 Å². The molecule has 0 heterocycles. The van der Waals surface area contributed by atoms with Gasteiger partial charge in [0, 0.05) is 5.92 Å². The smallest absolute Gasteiger partial charge is 0.160 e. The van der Waals surface area contributed by atoms with Crippen LogP contribution in [0, 0.1) is 5.92 Å². The summed E-state index contributed by atoms with van der Waals surface area (Å²) in [7, 11) is 0. The third-order valence-corrected chi connectivity index (χ3v) is 2.54. The van der Waals surface area contributed by atoms with E-state index < -0.39 is 11.5 Å². The molecule has 0 aliphatic heterocycles. The molecule has 0 saturated carbocycles. The van der Waals surface area contributed by atoms with Gasteiger partial charge >= 0.3 is 0 Å². The highest BCUT2D eigenvalue weighted by Crippen LogP contribution is 2.26. The zero-order valence-electron chi connectivity index (χ0n) is 8.42. The van der Waals surface area contributed by atoms with Gasteiger partial charge < -0.3 is 5.11 Å². The molecular weight excluding hydrogens is 164 g/mol. The zero-order chi connectivity index (χ0) is 10.5. The van der Waals surface area contributed by atoms with E-state index in [1.807, 2.05) is 6.92 Å². The van der Waals surface area contributed by atoms with Crippen molar-refractivity contribution in [3.63, 3.8) is 0 Å². The number of carbonyl (C=O) groups excluding carboxylic acids is 1. The number of carbonyl (C=O) groups is 1. The summed E-state index contributed by atoms with van der Waals surface area (Å²) in [6, 6.07) is 0. The van der Waals surface area contributed by atoms with Gasteiger partial charge in [0.05, 0.1) is 5.60 Å². The van der Waals surface area contributed by atoms with Gasteiger partial charge in [0.2, 0.25) is 0 Å². The maximum atomic E-state index is 11.3. The third kappa shape index (κ3) is 2.81. The van der Waals surface area contributed by atoms with E-state index in [2.05, 4.69) is 13.2 Å². The molecule has 0 aliphatic carbocycles. The van der Waals surface area contributed by atoms with Crippen LogP contribution in [0.5, 0.6) is 0 Å². The van der Waals surface area contributed by atoms with Crippen LogP contribution in [0.1, 0.15) is 26.7 Å². The van der Waals surface area contributed by atoms with Crippen LogP contribution in [0.15, 0.2) is 25.3 Å². The van der Waals surface area contributed by atoms with Crippen molar-refractivity contribution in [1.29, 1.82) is 0 Å². The molecule has 0 spiro atoms. The number of rotatable bonds is 6. The summed E-state index contributed by atoms with van der Waals surface area (Å²) in [6.45, 7) is 10.5. The Kier molecular flexibility index (Phi) is 4.63. The predicted octanol–water partition coefficient (Wildman–Crippen LogP) is 2.09. The average molecular weight is 182 g/mol. The first kappa shape index (κ1) is 12.1. The Morgan fingerprint density at radius 3 is 2.46 bits per heavy atom. The Morgan fingerprint density at radius 1 is 1.62 bits per heavy atom. The Labute approximate surface area is 80.0 Å². The Bertz CT molecular complexity index is 208. The van der Waals surface area contributed by atoms with Crippen molar-refractivity contribution in [3.05, 3.63) is 25.3 Å². The van der Waals surface area contributed by atoms with Crippen LogP contribution in [0.25, 0.3) is 0 Å². The van der Waals surface area contributed by atoms with Gasteiger partial charge in [-0.15, -0.1) is 6.58 Å². The first-order valence-electron chi connectivity index (χ1n) is 4.51. The predicted molar refractivity (Wildman–Crippen MR) is 54.4 cm³/mol. The molecule has 2 nitrogen and oxygen atoms in total. The lowest BCUT2D eigenvalue weighted by Crippen LogP contribution is -2.39. The van der Waals surface area contributed by atoms with Crippen molar-refractivity contribution in [1.82, 2.24) is 0 Å². The highest BCUT2D eigenvalue weighted by Gasteiger charge is 2.33. The molecule has 0 aliphatic rings. The molecule has 2 unspecified atom stereocenters. The van der Waals surface area contributed by atoms with Crippen LogP contribution in [0.3, 0.4) is 0 Å². The van der Waals surface area contributed by atoms with E-state index in [9.17, 15) is 9.90 Å². The summed E-state index contributed by atoms with van der Waals surface area (Å²) in [6.07, 6.45) is 3.87. The molecule has 0 aromatic heterocycles. The standard InChI is InChI=1S/C11H18O2/c1-5-8-11(13,7-3)9(4)10(12)6-2/h5-6,9,13H,1-2,7-8H2,3-4H3. The summed E-state index contributed by atoms with van der Waals surface area (Å²) in [5.74, 6) is -0.529. The number of aliphatic hydroxyl groups is 1. The fourth-order valence-corrected chi connectivity index (χ4v) is 1.32. The first-order chi connectivity index (χ1) is 6.01. The summed E-state index contributed by atoms with van der Waals surface area (Å²) >= 11 is 0. The summed E-state index contributed by atoms with van der Waals surface area (Å²) in [5, 5.41) is 10.1. The minimum Gasteiger partial charge on any atom is -0.389 e. The maximum Gasteiger partial charge on any atom is 0.160 e. The SMILES string of the molecule is C=CCC(O)(CC)C(C)C(=O)C=C. The van der Waals surface area contributed by atoms with E-state index >= 15 is 0 Å². The monoisotopic (exact) mass is 182 g/mol. The summed E-state index contributed by atoms with van der Waals surface area (Å²) in [4.78, 5) is 11.3. The van der Waals surface area contributed by atoms with Crippen molar-refractivity contribution in [2.45, 2.75) is 32.3 Å². The first-order valence-corrected chi connectivity index (χ1v) is 4.51. The van der Waals surface area contributed by atoms with Crippen LogP contribution in [-0.2, 0) is 4.79 Å². The topological polar surface area (TPSA) is 37.3 Å². The number of hydrogen-bond donors (Lipinski definition) is 1. The van der Waals surface area contributed by atoms with Crippen molar-refractivity contribution in [2.24, 2.45) is 5.92 Å². The number of hydrogen-bond acceptors (Lipinski definition) is 2. The van der Waals surface area contributed by atoms with Gasteiger partial charge in [0.25, 0.3) is 0 Å². The molecule has 0 aromatic carbocycles. The largest absolute Gasteiger partial charge is 0.389 e. The van der Waals surface area contributed by atoms with E-state index in [0.29, 0.717) is 12.8 Å². The molecule has 0 amide bonds. The van der Waals surface area contributed by atoms with Gasteiger partial charge in [-0.1, -0.05) is 26.5 Å². The lowest BCUT2D eigenvalue weighted by atomic mass is 9.81. The van der Waals surface area contributed by atoms with E-state index in [4.69, 9.17) is 0 Å². The van der Waals surface area contributed by atoms with Crippen LogP contribution in [0.2, 0.25) is 0 Å². The average Bonchev–Trinajstić information content (AvgIpc) is 2.15. The lowest BCUT2D eigenvalue weighted by Gasteiger charge is -2.30. The highest BCUT2D eigenvalue weighted by molar-refractivity contribution is 5.91. The minimum atomic E-state index is -0.965. The Balaban J connectivity index is 4.63. The highest BCUT2D eigenvalue weighted by atomic mass is 16.3. The number of ketones is 1. The number of allylic oxidation sites excluding steroid dienone is 1. The minimum absolute atomic E-state index is 0.119. The van der Waals surface area contributed by atoms with Crippen LogP contribution < -0.4 is 0 Å². The Morgan fingerprint density at radius 2 is 2.15 bits per heavy atom. The van der Waals surface area contributed by atoms with Crippen molar-refractivity contribution in [2.75, 3.05) is 0 Å². The van der Waals surface area contributed by atoms with Crippen molar-refractivity contribution in [3.8, 4) is 0 Å².